The number of ether oxygens (including phenoxy) is 2. The summed E-state index contributed by atoms with van der Waals surface area (Å²) in [7, 11) is 3.14. The van der Waals surface area contributed by atoms with Gasteiger partial charge in [0, 0.05) is 31.1 Å². The number of hydrogen-bond donors (Lipinski definition) is 0. The lowest BCUT2D eigenvalue weighted by atomic mass is 9.98. The summed E-state index contributed by atoms with van der Waals surface area (Å²) in [4.78, 5) is 17.1. The number of methoxy groups -OCH3 is 2. The zero-order valence-electron chi connectivity index (χ0n) is 13.6. The Labute approximate surface area is 140 Å². The van der Waals surface area contributed by atoms with E-state index in [9.17, 15) is 10.1 Å². The molecule has 0 unspecified atom stereocenters. The summed E-state index contributed by atoms with van der Waals surface area (Å²) in [5, 5.41) is 11.3. The molecule has 2 aromatic rings. The molecule has 0 N–H and O–H groups in total. The first-order chi connectivity index (χ1) is 11.6. The topological polar surface area (TPSA) is 77.7 Å². The van der Waals surface area contributed by atoms with E-state index in [4.69, 9.17) is 9.47 Å². The molecular formula is C17H19N3O4. The van der Waals surface area contributed by atoms with Crippen LogP contribution in [0.15, 0.2) is 36.4 Å². The quantitative estimate of drug-likeness (QED) is 0.620. The second kappa shape index (κ2) is 6.74. The minimum absolute atomic E-state index is 0.00572. The van der Waals surface area contributed by atoms with Crippen LogP contribution in [-0.4, -0.2) is 37.2 Å². The summed E-state index contributed by atoms with van der Waals surface area (Å²) >= 11 is 0. The summed E-state index contributed by atoms with van der Waals surface area (Å²) in [5.74, 6) is 1.88. The monoisotopic (exact) mass is 329 g/mol. The Morgan fingerprint density at radius 1 is 1.17 bits per heavy atom. The maximum absolute atomic E-state index is 11.3. The molecule has 0 aliphatic carbocycles. The van der Waals surface area contributed by atoms with Crippen molar-refractivity contribution in [2.45, 2.75) is 12.3 Å². The smallest absolute Gasteiger partial charge is 0.311 e. The Kier molecular flexibility index (Phi) is 4.50. The van der Waals surface area contributed by atoms with Crippen molar-refractivity contribution in [1.82, 2.24) is 4.98 Å². The average Bonchev–Trinajstić information content (AvgIpc) is 3.11. The van der Waals surface area contributed by atoms with Gasteiger partial charge in [-0.15, -0.1) is 0 Å². The van der Waals surface area contributed by atoms with Crippen LogP contribution in [0.4, 0.5) is 11.5 Å². The highest BCUT2D eigenvalue weighted by Crippen LogP contribution is 2.35. The van der Waals surface area contributed by atoms with Crippen molar-refractivity contribution >= 4 is 11.5 Å². The van der Waals surface area contributed by atoms with Crippen molar-refractivity contribution in [2.24, 2.45) is 0 Å². The molecule has 0 bridgehead atoms. The second-order valence-corrected chi connectivity index (χ2v) is 5.66. The van der Waals surface area contributed by atoms with Gasteiger partial charge in [0.1, 0.15) is 5.75 Å². The molecule has 24 heavy (non-hydrogen) atoms. The zero-order chi connectivity index (χ0) is 17.1. The number of rotatable bonds is 5. The first kappa shape index (κ1) is 16.0. The molecule has 3 rings (SSSR count). The normalized spacial score (nSPS) is 16.9. The van der Waals surface area contributed by atoms with Crippen molar-refractivity contribution in [1.29, 1.82) is 0 Å². The fraction of sp³-hybridized carbons (Fsp3) is 0.353. The summed E-state index contributed by atoms with van der Waals surface area (Å²) in [6.45, 7) is 1.41. The van der Waals surface area contributed by atoms with E-state index in [1.54, 1.807) is 7.11 Å². The first-order valence-electron chi connectivity index (χ1n) is 7.70. The third-order valence-corrected chi connectivity index (χ3v) is 4.31. The molecule has 1 atom stereocenters. The third-order valence-electron chi connectivity index (χ3n) is 4.31. The molecule has 0 spiro atoms. The lowest BCUT2D eigenvalue weighted by Gasteiger charge is -2.18. The van der Waals surface area contributed by atoms with E-state index in [2.05, 4.69) is 4.98 Å². The molecule has 1 aromatic carbocycles. The van der Waals surface area contributed by atoms with Gasteiger partial charge in [0.15, 0.2) is 0 Å². The van der Waals surface area contributed by atoms with E-state index in [1.165, 1.54) is 24.8 Å². The lowest BCUT2D eigenvalue weighted by molar-refractivity contribution is -0.384. The summed E-state index contributed by atoms with van der Waals surface area (Å²) in [5.41, 5.74) is 1.20. The van der Waals surface area contributed by atoms with Crippen LogP contribution in [0.1, 0.15) is 17.9 Å². The largest absolute Gasteiger partial charge is 0.497 e. The predicted molar refractivity (Wildman–Crippen MR) is 90.0 cm³/mol. The van der Waals surface area contributed by atoms with Crippen LogP contribution in [-0.2, 0) is 0 Å². The van der Waals surface area contributed by atoms with Gasteiger partial charge in [-0.3, -0.25) is 10.1 Å². The number of nitrogens with zero attached hydrogens (tertiary/aromatic N) is 3. The molecule has 2 heterocycles. The molecule has 1 saturated heterocycles. The molecule has 1 fully saturated rings. The number of hydrogen-bond acceptors (Lipinski definition) is 6. The van der Waals surface area contributed by atoms with Crippen LogP contribution in [0.2, 0.25) is 0 Å². The van der Waals surface area contributed by atoms with Gasteiger partial charge in [-0.2, -0.15) is 4.98 Å². The fourth-order valence-electron chi connectivity index (χ4n) is 3.01. The molecule has 1 aromatic heterocycles. The molecule has 7 nitrogen and oxygen atoms in total. The van der Waals surface area contributed by atoms with Crippen LogP contribution in [0.3, 0.4) is 0 Å². The van der Waals surface area contributed by atoms with Gasteiger partial charge in [-0.05, 0) is 24.1 Å². The number of nitro groups is 1. The highest BCUT2D eigenvalue weighted by molar-refractivity contribution is 5.60. The highest BCUT2D eigenvalue weighted by atomic mass is 16.6. The van der Waals surface area contributed by atoms with Crippen molar-refractivity contribution in [3.8, 4) is 11.6 Å². The Balaban J connectivity index is 1.83. The Hall–Kier alpha value is -2.83. The van der Waals surface area contributed by atoms with Crippen LogP contribution < -0.4 is 14.4 Å². The number of anilines is 1. The van der Waals surface area contributed by atoms with Gasteiger partial charge >= 0.3 is 5.69 Å². The third kappa shape index (κ3) is 3.10. The maximum Gasteiger partial charge on any atom is 0.311 e. The first-order valence-corrected chi connectivity index (χ1v) is 7.70. The standard InChI is InChI=1S/C17H19N3O4/c1-23-14-5-3-12(4-6-14)13-9-10-19(11-13)17-15(20(21)22)7-8-16(18-17)24-2/h3-8,13H,9-11H2,1-2H3/t13-/m0/s1. The zero-order valence-corrected chi connectivity index (χ0v) is 13.6. The van der Waals surface area contributed by atoms with E-state index in [-0.39, 0.29) is 5.69 Å². The molecular weight excluding hydrogens is 310 g/mol. The van der Waals surface area contributed by atoms with Gasteiger partial charge in [-0.1, -0.05) is 12.1 Å². The molecule has 1 aliphatic rings. The van der Waals surface area contributed by atoms with Crippen molar-refractivity contribution in [3.63, 3.8) is 0 Å². The van der Waals surface area contributed by atoms with E-state index in [0.717, 1.165) is 18.7 Å². The molecule has 1 aliphatic heterocycles. The van der Waals surface area contributed by atoms with E-state index in [1.807, 2.05) is 29.2 Å². The van der Waals surface area contributed by atoms with Crippen molar-refractivity contribution in [2.75, 3.05) is 32.2 Å². The van der Waals surface area contributed by atoms with Crippen LogP contribution in [0.25, 0.3) is 0 Å². The molecule has 0 amide bonds. The van der Waals surface area contributed by atoms with E-state index in [0.29, 0.717) is 24.2 Å². The van der Waals surface area contributed by atoms with Crippen LogP contribution in [0.5, 0.6) is 11.6 Å². The molecule has 0 saturated carbocycles. The van der Waals surface area contributed by atoms with Gasteiger partial charge in [0.05, 0.1) is 19.1 Å². The van der Waals surface area contributed by atoms with E-state index < -0.39 is 4.92 Å². The molecule has 0 radical (unpaired) electrons. The minimum Gasteiger partial charge on any atom is -0.497 e. The SMILES string of the molecule is COc1ccc([C@H]2CCN(c3nc(OC)ccc3[N+](=O)[O-])C2)cc1. The highest BCUT2D eigenvalue weighted by Gasteiger charge is 2.30. The summed E-state index contributed by atoms with van der Waals surface area (Å²) < 4.78 is 10.3. The van der Waals surface area contributed by atoms with Crippen LogP contribution >= 0.6 is 0 Å². The Morgan fingerprint density at radius 2 is 1.92 bits per heavy atom. The minimum atomic E-state index is -0.400. The summed E-state index contributed by atoms with van der Waals surface area (Å²) in [6.07, 6.45) is 0.919. The van der Waals surface area contributed by atoms with Gasteiger partial charge in [0.2, 0.25) is 11.7 Å². The number of pyridine rings is 1. The average molecular weight is 329 g/mol. The van der Waals surface area contributed by atoms with Gasteiger partial charge in [-0.25, -0.2) is 0 Å². The number of aromatic nitrogens is 1. The lowest BCUT2D eigenvalue weighted by Crippen LogP contribution is -2.21. The predicted octanol–water partition coefficient (Wildman–Crippen LogP) is 3.00. The van der Waals surface area contributed by atoms with Gasteiger partial charge < -0.3 is 14.4 Å². The maximum atomic E-state index is 11.3. The van der Waals surface area contributed by atoms with Crippen molar-refractivity contribution < 1.29 is 14.4 Å². The number of benzene rings is 1. The van der Waals surface area contributed by atoms with Crippen LogP contribution in [0, 0.1) is 10.1 Å². The Morgan fingerprint density at radius 3 is 2.54 bits per heavy atom. The molecule has 7 heteroatoms. The van der Waals surface area contributed by atoms with Crippen molar-refractivity contribution in [3.05, 3.63) is 52.1 Å². The van der Waals surface area contributed by atoms with Gasteiger partial charge in [0.25, 0.3) is 0 Å². The summed E-state index contributed by atoms with van der Waals surface area (Å²) in [6, 6.07) is 10.9. The fourth-order valence-corrected chi connectivity index (χ4v) is 3.01. The second-order valence-electron chi connectivity index (χ2n) is 5.66. The Bertz CT molecular complexity index is 733. The van der Waals surface area contributed by atoms with E-state index >= 15 is 0 Å². The molecule has 126 valence electrons.